The molecule has 0 unspecified atom stereocenters. The number of halogens is 3. The number of amides is 2. The largest absolute Gasteiger partial charge is 0.416 e. The fourth-order valence-electron chi connectivity index (χ4n) is 2.78. The van der Waals surface area contributed by atoms with Gasteiger partial charge in [0.2, 0.25) is 0 Å². The van der Waals surface area contributed by atoms with Crippen molar-refractivity contribution >= 4 is 46.2 Å². The van der Waals surface area contributed by atoms with Gasteiger partial charge in [0, 0.05) is 34.6 Å². The number of rotatable bonds is 5. The molecule has 0 aliphatic carbocycles. The van der Waals surface area contributed by atoms with E-state index in [9.17, 15) is 32.9 Å². The summed E-state index contributed by atoms with van der Waals surface area (Å²) in [6.07, 6.45) is -4.53. The third-order valence-corrected chi connectivity index (χ3v) is 4.60. The molecule has 0 bridgehead atoms. The van der Waals surface area contributed by atoms with Crippen molar-refractivity contribution in [2.75, 3.05) is 10.6 Å². The maximum atomic E-state index is 12.8. The number of thiocarbonyl (C=S) groups is 1. The highest BCUT2D eigenvalue weighted by molar-refractivity contribution is 7.80. The first kappa shape index (κ1) is 24.3. The Morgan fingerprint density at radius 3 is 2.15 bits per heavy atom. The van der Waals surface area contributed by atoms with Gasteiger partial charge in [-0.05, 0) is 60.7 Å². The van der Waals surface area contributed by atoms with E-state index in [-0.39, 0.29) is 27.6 Å². The second-order valence-electron chi connectivity index (χ2n) is 6.83. The van der Waals surface area contributed by atoms with E-state index in [0.29, 0.717) is 5.69 Å². The summed E-state index contributed by atoms with van der Waals surface area (Å²) < 4.78 is 38.5. The second-order valence-corrected chi connectivity index (χ2v) is 7.23. The van der Waals surface area contributed by atoms with E-state index >= 15 is 0 Å². The summed E-state index contributed by atoms with van der Waals surface area (Å²) in [4.78, 5) is 34.8. The Balaban J connectivity index is 1.59. The fourth-order valence-corrected chi connectivity index (χ4v) is 2.99. The number of carbonyl (C=O) groups is 2. The van der Waals surface area contributed by atoms with Crippen molar-refractivity contribution < 1.29 is 27.7 Å². The third-order valence-electron chi connectivity index (χ3n) is 4.40. The van der Waals surface area contributed by atoms with Crippen LogP contribution in [0, 0.1) is 10.1 Å². The summed E-state index contributed by atoms with van der Waals surface area (Å²) in [6, 6.07) is 15.2. The molecule has 3 N–H and O–H groups in total. The van der Waals surface area contributed by atoms with Gasteiger partial charge < -0.3 is 10.6 Å². The zero-order valence-corrected chi connectivity index (χ0v) is 17.9. The molecule has 0 saturated carbocycles. The van der Waals surface area contributed by atoms with E-state index in [4.69, 9.17) is 12.2 Å². The number of non-ortho nitro benzene ring substituents is 1. The molecule has 3 aromatic carbocycles. The zero-order valence-electron chi connectivity index (χ0n) is 17.1. The van der Waals surface area contributed by atoms with Crippen LogP contribution in [0.3, 0.4) is 0 Å². The summed E-state index contributed by atoms with van der Waals surface area (Å²) in [5.74, 6) is -1.27. The maximum Gasteiger partial charge on any atom is 0.416 e. The third kappa shape index (κ3) is 6.36. The summed E-state index contributed by atoms with van der Waals surface area (Å²) in [5, 5.41) is 18.3. The Morgan fingerprint density at radius 2 is 1.50 bits per heavy atom. The van der Waals surface area contributed by atoms with Crippen molar-refractivity contribution in [1.29, 1.82) is 0 Å². The lowest BCUT2D eigenvalue weighted by molar-refractivity contribution is -0.384. The molecule has 0 saturated heterocycles. The number of anilines is 2. The molecule has 0 aromatic heterocycles. The Bertz CT molecular complexity index is 1260. The monoisotopic (exact) mass is 488 g/mol. The molecule has 2 amide bonds. The SMILES string of the molecule is O=C(NC(=S)Nc1ccc(C(=O)Nc2cccc(C(F)(F)F)c2)cc1)c1cccc([N+](=O)[O-])c1. The van der Waals surface area contributed by atoms with Crippen LogP contribution in [0.5, 0.6) is 0 Å². The average Bonchev–Trinajstić information content (AvgIpc) is 2.79. The topological polar surface area (TPSA) is 113 Å². The number of benzene rings is 3. The number of carbonyl (C=O) groups excluding carboxylic acids is 2. The number of nitro groups is 1. The van der Waals surface area contributed by atoms with Gasteiger partial charge in [-0.25, -0.2) is 0 Å². The molecule has 3 rings (SSSR count). The minimum atomic E-state index is -4.53. The molecular formula is C22H15F3N4O4S. The molecule has 3 aromatic rings. The predicted octanol–water partition coefficient (Wildman–Crippen LogP) is 4.99. The first-order valence-corrected chi connectivity index (χ1v) is 9.89. The normalized spacial score (nSPS) is 10.8. The number of nitrogens with one attached hydrogen (secondary N) is 3. The Kier molecular flexibility index (Phi) is 7.21. The van der Waals surface area contributed by atoms with Crippen molar-refractivity contribution in [2.45, 2.75) is 6.18 Å². The van der Waals surface area contributed by atoms with Gasteiger partial charge in [0.05, 0.1) is 10.5 Å². The first-order valence-electron chi connectivity index (χ1n) is 9.48. The highest BCUT2D eigenvalue weighted by Crippen LogP contribution is 2.30. The van der Waals surface area contributed by atoms with Crippen molar-refractivity contribution in [3.63, 3.8) is 0 Å². The number of hydrogen-bond donors (Lipinski definition) is 3. The molecular weight excluding hydrogens is 473 g/mol. The number of alkyl halides is 3. The predicted molar refractivity (Wildman–Crippen MR) is 123 cm³/mol. The van der Waals surface area contributed by atoms with E-state index in [1.807, 2.05) is 0 Å². The highest BCUT2D eigenvalue weighted by atomic mass is 32.1. The van der Waals surface area contributed by atoms with E-state index in [0.717, 1.165) is 18.2 Å². The van der Waals surface area contributed by atoms with Crippen LogP contribution in [0.2, 0.25) is 0 Å². The quantitative estimate of drug-likeness (QED) is 0.265. The van der Waals surface area contributed by atoms with Gasteiger partial charge in [0.1, 0.15) is 0 Å². The van der Waals surface area contributed by atoms with Crippen LogP contribution in [0.15, 0.2) is 72.8 Å². The van der Waals surface area contributed by atoms with Gasteiger partial charge in [-0.3, -0.25) is 25.0 Å². The van der Waals surface area contributed by atoms with E-state index in [1.165, 1.54) is 54.6 Å². The van der Waals surface area contributed by atoms with Crippen LogP contribution in [0.1, 0.15) is 26.3 Å². The lowest BCUT2D eigenvalue weighted by Crippen LogP contribution is -2.34. The van der Waals surface area contributed by atoms with E-state index in [1.54, 1.807) is 0 Å². The number of hydrogen-bond acceptors (Lipinski definition) is 5. The van der Waals surface area contributed by atoms with Gasteiger partial charge in [-0.15, -0.1) is 0 Å². The van der Waals surface area contributed by atoms with Gasteiger partial charge in [-0.2, -0.15) is 13.2 Å². The van der Waals surface area contributed by atoms with E-state index < -0.39 is 28.5 Å². The second kappa shape index (κ2) is 10.1. The maximum absolute atomic E-state index is 12.8. The summed E-state index contributed by atoms with van der Waals surface area (Å²) in [5.41, 5.74) is -0.502. The standard InChI is InChI=1S/C22H15F3N4O4S/c23-22(24,25)15-4-2-5-17(12-15)26-19(30)13-7-9-16(10-8-13)27-21(34)28-20(31)14-3-1-6-18(11-14)29(32)33/h1-12H,(H,26,30)(H2,27,28,31,34). The number of nitrogens with zero attached hydrogens (tertiary/aromatic N) is 1. The Morgan fingerprint density at radius 1 is 0.824 bits per heavy atom. The smallest absolute Gasteiger partial charge is 0.332 e. The van der Waals surface area contributed by atoms with Crippen molar-refractivity contribution in [3.05, 3.63) is 99.6 Å². The van der Waals surface area contributed by atoms with Crippen LogP contribution < -0.4 is 16.0 Å². The number of nitro benzene ring substituents is 1. The fraction of sp³-hybridized carbons (Fsp3) is 0.0455. The lowest BCUT2D eigenvalue weighted by atomic mass is 10.1. The zero-order chi connectivity index (χ0) is 24.9. The molecule has 12 heteroatoms. The summed E-state index contributed by atoms with van der Waals surface area (Å²) >= 11 is 5.06. The van der Waals surface area contributed by atoms with Crippen LogP contribution in [-0.2, 0) is 6.18 Å². The van der Waals surface area contributed by atoms with E-state index in [2.05, 4.69) is 16.0 Å². The summed E-state index contributed by atoms with van der Waals surface area (Å²) in [7, 11) is 0. The van der Waals surface area contributed by atoms with Gasteiger partial charge in [0.15, 0.2) is 5.11 Å². The van der Waals surface area contributed by atoms with Gasteiger partial charge in [0.25, 0.3) is 17.5 Å². The first-order chi connectivity index (χ1) is 16.0. The van der Waals surface area contributed by atoms with Crippen molar-refractivity contribution in [2.24, 2.45) is 0 Å². The molecule has 0 fully saturated rings. The average molecular weight is 488 g/mol. The van der Waals surface area contributed by atoms with Crippen molar-refractivity contribution in [3.8, 4) is 0 Å². The Hall–Kier alpha value is -4.32. The minimum absolute atomic E-state index is 0.00735. The highest BCUT2D eigenvalue weighted by Gasteiger charge is 2.30. The molecule has 174 valence electrons. The Labute approximate surface area is 195 Å². The molecule has 0 aliphatic heterocycles. The van der Waals surface area contributed by atoms with Crippen LogP contribution in [0.25, 0.3) is 0 Å². The van der Waals surface area contributed by atoms with Crippen LogP contribution in [0.4, 0.5) is 30.2 Å². The molecule has 0 spiro atoms. The van der Waals surface area contributed by atoms with Crippen molar-refractivity contribution in [1.82, 2.24) is 5.32 Å². The molecule has 0 radical (unpaired) electrons. The lowest BCUT2D eigenvalue weighted by Gasteiger charge is -2.11. The van der Waals surface area contributed by atoms with Gasteiger partial charge in [-0.1, -0.05) is 12.1 Å². The van der Waals surface area contributed by atoms with Crippen LogP contribution >= 0.6 is 12.2 Å². The molecule has 8 nitrogen and oxygen atoms in total. The minimum Gasteiger partial charge on any atom is -0.332 e. The van der Waals surface area contributed by atoms with Gasteiger partial charge >= 0.3 is 6.18 Å². The molecule has 0 heterocycles. The molecule has 34 heavy (non-hydrogen) atoms. The summed E-state index contributed by atoms with van der Waals surface area (Å²) in [6.45, 7) is 0. The molecule has 0 aliphatic rings. The van der Waals surface area contributed by atoms with Crippen LogP contribution in [-0.4, -0.2) is 21.9 Å². The molecule has 0 atom stereocenters.